The predicted octanol–water partition coefficient (Wildman–Crippen LogP) is 2.86. The van der Waals surface area contributed by atoms with Gasteiger partial charge in [0.15, 0.2) is 0 Å². The molecule has 1 aliphatic rings. The van der Waals surface area contributed by atoms with Gasteiger partial charge in [0.2, 0.25) is 0 Å². The van der Waals surface area contributed by atoms with E-state index in [4.69, 9.17) is 10.2 Å². The van der Waals surface area contributed by atoms with Crippen LogP contribution >= 0.6 is 0 Å². The van der Waals surface area contributed by atoms with Crippen molar-refractivity contribution in [1.82, 2.24) is 19.7 Å². The SMILES string of the molecule is CCCn1nc(CN2CCN(c3ccc(C(=O)O)cn3)CC2)c2ccccc21. The van der Waals surface area contributed by atoms with Crippen molar-refractivity contribution in [2.45, 2.75) is 26.4 Å². The van der Waals surface area contributed by atoms with E-state index < -0.39 is 5.97 Å². The molecule has 0 spiro atoms. The first kappa shape index (κ1) is 18.4. The fraction of sp³-hybridized carbons (Fsp3) is 0.381. The summed E-state index contributed by atoms with van der Waals surface area (Å²) in [5.41, 5.74) is 2.57. The molecule has 0 bridgehead atoms. The van der Waals surface area contributed by atoms with Gasteiger partial charge in [-0.3, -0.25) is 9.58 Å². The van der Waals surface area contributed by atoms with E-state index in [0.717, 1.165) is 57.2 Å². The molecule has 1 saturated heterocycles. The van der Waals surface area contributed by atoms with E-state index in [1.54, 1.807) is 12.1 Å². The molecule has 7 heteroatoms. The molecule has 7 nitrogen and oxygen atoms in total. The van der Waals surface area contributed by atoms with Gasteiger partial charge in [0.25, 0.3) is 0 Å². The lowest BCUT2D eigenvalue weighted by Gasteiger charge is -2.35. The fourth-order valence-corrected chi connectivity index (χ4v) is 3.74. The minimum Gasteiger partial charge on any atom is -0.478 e. The molecular formula is C21H25N5O2. The van der Waals surface area contributed by atoms with Crippen LogP contribution in [0.5, 0.6) is 0 Å². The summed E-state index contributed by atoms with van der Waals surface area (Å²) in [4.78, 5) is 19.9. The zero-order valence-corrected chi connectivity index (χ0v) is 16.1. The lowest BCUT2D eigenvalue weighted by molar-refractivity contribution is 0.0696. The Morgan fingerprint density at radius 2 is 1.89 bits per heavy atom. The van der Waals surface area contributed by atoms with Crippen molar-refractivity contribution < 1.29 is 9.90 Å². The zero-order valence-electron chi connectivity index (χ0n) is 16.1. The summed E-state index contributed by atoms with van der Waals surface area (Å²) < 4.78 is 2.12. The van der Waals surface area contributed by atoms with Gasteiger partial charge in [0, 0.05) is 50.9 Å². The van der Waals surface area contributed by atoms with Crippen molar-refractivity contribution in [1.29, 1.82) is 0 Å². The summed E-state index contributed by atoms with van der Waals surface area (Å²) in [6.07, 6.45) is 2.49. The Bertz CT molecular complexity index is 959. The molecule has 0 amide bonds. The minimum atomic E-state index is -0.946. The average molecular weight is 379 g/mol. The number of para-hydroxylation sites is 1. The number of piperazine rings is 1. The van der Waals surface area contributed by atoms with E-state index in [-0.39, 0.29) is 5.56 Å². The molecule has 0 unspecified atom stereocenters. The van der Waals surface area contributed by atoms with E-state index >= 15 is 0 Å². The third-order valence-electron chi connectivity index (χ3n) is 5.23. The van der Waals surface area contributed by atoms with E-state index in [9.17, 15) is 4.79 Å². The van der Waals surface area contributed by atoms with E-state index in [0.29, 0.717) is 0 Å². The van der Waals surface area contributed by atoms with Crippen LogP contribution in [0.2, 0.25) is 0 Å². The number of hydrogen-bond acceptors (Lipinski definition) is 5. The summed E-state index contributed by atoms with van der Waals surface area (Å²) in [7, 11) is 0. The molecule has 1 fully saturated rings. The van der Waals surface area contributed by atoms with Crippen molar-refractivity contribution in [3.8, 4) is 0 Å². The highest BCUT2D eigenvalue weighted by atomic mass is 16.4. The van der Waals surface area contributed by atoms with Crippen LogP contribution < -0.4 is 4.90 Å². The average Bonchev–Trinajstić information content (AvgIpc) is 3.06. The third kappa shape index (κ3) is 3.71. The molecule has 1 aliphatic heterocycles. The Kier molecular flexibility index (Phi) is 5.25. The topological polar surface area (TPSA) is 74.5 Å². The molecule has 28 heavy (non-hydrogen) atoms. The van der Waals surface area contributed by atoms with Crippen LogP contribution in [-0.4, -0.2) is 56.9 Å². The molecule has 0 saturated carbocycles. The maximum Gasteiger partial charge on any atom is 0.337 e. The number of carboxylic acids is 1. The van der Waals surface area contributed by atoms with E-state index in [1.807, 2.05) is 0 Å². The summed E-state index contributed by atoms with van der Waals surface area (Å²) in [6.45, 7) is 7.55. The van der Waals surface area contributed by atoms with Crippen LogP contribution in [0.3, 0.4) is 0 Å². The number of anilines is 1. The van der Waals surface area contributed by atoms with Gasteiger partial charge in [0.1, 0.15) is 5.82 Å². The smallest absolute Gasteiger partial charge is 0.337 e. The van der Waals surface area contributed by atoms with E-state index in [2.05, 4.69) is 50.7 Å². The van der Waals surface area contributed by atoms with Crippen LogP contribution in [0.25, 0.3) is 10.9 Å². The largest absolute Gasteiger partial charge is 0.478 e. The number of carbonyl (C=O) groups is 1. The van der Waals surface area contributed by atoms with Gasteiger partial charge in [-0.25, -0.2) is 9.78 Å². The summed E-state index contributed by atoms with van der Waals surface area (Å²) in [5.74, 6) is -0.110. The normalized spacial score (nSPS) is 15.2. The van der Waals surface area contributed by atoms with Crippen LogP contribution in [0.4, 0.5) is 5.82 Å². The van der Waals surface area contributed by atoms with Crippen molar-refractivity contribution >= 4 is 22.7 Å². The maximum atomic E-state index is 11.0. The first-order valence-corrected chi connectivity index (χ1v) is 9.77. The van der Waals surface area contributed by atoms with Crippen LogP contribution in [0.1, 0.15) is 29.4 Å². The number of hydrogen-bond donors (Lipinski definition) is 1. The Morgan fingerprint density at radius 1 is 1.11 bits per heavy atom. The minimum absolute atomic E-state index is 0.219. The highest BCUT2D eigenvalue weighted by Crippen LogP contribution is 2.21. The van der Waals surface area contributed by atoms with Crippen LogP contribution in [0.15, 0.2) is 42.6 Å². The number of rotatable bonds is 6. The molecule has 0 atom stereocenters. The van der Waals surface area contributed by atoms with Crippen molar-refractivity contribution in [2.75, 3.05) is 31.1 Å². The van der Waals surface area contributed by atoms with Gasteiger partial charge in [-0.1, -0.05) is 25.1 Å². The number of fused-ring (bicyclic) bond motifs is 1. The molecule has 1 N–H and O–H groups in total. The molecule has 1 aromatic carbocycles. The molecule has 0 radical (unpaired) electrons. The van der Waals surface area contributed by atoms with Crippen molar-refractivity contribution in [2.24, 2.45) is 0 Å². The van der Waals surface area contributed by atoms with Crippen molar-refractivity contribution in [3.63, 3.8) is 0 Å². The zero-order chi connectivity index (χ0) is 19.5. The standard InChI is InChI=1S/C21H25N5O2/c1-2-9-26-19-6-4-3-5-17(19)18(23-26)15-24-10-12-25(13-11-24)20-8-7-16(14-22-20)21(27)28/h3-8,14H,2,9-13,15H2,1H3,(H,27,28). The van der Waals surface area contributed by atoms with Gasteiger partial charge in [-0.05, 0) is 24.6 Å². The number of pyridine rings is 1. The maximum absolute atomic E-state index is 11.0. The molecule has 146 valence electrons. The molecule has 0 aliphatic carbocycles. The molecule has 3 heterocycles. The van der Waals surface area contributed by atoms with Crippen LogP contribution in [0, 0.1) is 0 Å². The lowest BCUT2D eigenvalue weighted by Crippen LogP contribution is -2.46. The van der Waals surface area contributed by atoms with Gasteiger partial charge in [0.05, 0.1) is 16.8 Å². The lowest BCUT2D eigenvalue weighted by atomic mass is 10.2. The van der Waals surface area contributed by atoms with Gasteiger partial charge >= 0.3 is 5.97 Å². The number of aryl methyl sites for hydroxylation is 1. The van der Waals surface area contributed by atoms with Gasteiger partial charge in [-0.15, -0.1) is 0 Å². The van der Waals surface area contributed by atoms with E-state index in [1.165, 1.54) is 17.1 Å². The first-order chi connectivity index (χ1) is 13.7. The Balaban J connectivity index is 1.42. The van der Waals surface area contributed by atoms with Crippen LogP contribution in [-0.2, 0) is 13.1 Å². The number of aromatic nitrogens is 3. The second kappa shape index (κ2) is 7.98. The van der Waals surface area contributed by atoms with Gasteiger partial charge < -0.3 is 10.0 Å². The summed E-state index contributed by atoms with van der Waals surface area (Å²) in [6, 6.07) is 11.9. The predicted molar refractivity (Wildman–Crippen MR) is 109 cm³/mol. The Morgan fingerprint density at radius 3 is 2.57 bits per heavy atom. The fourth-order valence-electron chi connectivity index (χ4n) is 3.74. The Labute approximate surface area is 164 Å². The second-order valence-corrected chi connectivity index (χ2v) is 7.16. The number of nitrogens with zero attached hydrogens (tertiary/aromatic N) is 5. The summed E-state index contributed by atoms with van der Waals surface area (Å²) >= 11 is 0. The first-order valence-electron chi connectivity index (χ1n) is 9.77. The monoisotopic (exact) mass is 379 g/mol. The number of benzene rings is 1. The molecule has 4 rings (SSSR count). The molecule has 2 aromatic heterocycles. The molecular weight excluding hydrogens is 354 g/mol. The highest BCUT2D eigenvalue weighted by Gasteiger charge is 2.20. The van der Waals surface area contributed by atoms with Crippen molar-refractivity contribution in [3.05, 3.63) is 53.9 Å². The Hall–Kier alpha value is -2.93. The second-order valence-electron chi connectivity index (χ2n) is 7.16. The number of carboxylic acid groups (broad SMARTS) is 1. The molecule has 3 aromatic rings. The summed E-state index contributed by atoms with van der Waals surface area (Å²) in [5, 5.41) is 15.1. The highest BCUT2D eigenvalue weighted by molar-refractivity contribution is 5.87. The third-order valence-corrected chi connectivity index (χ3v) is 5.23. The number of aromatic carboxylic acids is 1. The van der Waals surface area contributed by atoms with Gasteiger partial charge in [-0.2, -0.15) is 5.10 Å². The quantitative estimate of drug-likeness (QED) is 0.710.